The fourth-order valence-corrected chi connectivity index (χ4v) is 2.21. The van der Waals surface area contributed by atoms with E-state index in [9.17, 15) is 9.90 Å². The number of benzene rings is 1. The third-order valence-electron chi connectivity index (χ3n) is 3.06. The molecule has 0 spiro atoms. The molecule has 6 nitrogen and oxygen atoms in total. The number of phenolic OH excluding ortho intramolecular Hbond substituents is 1. The highest BCUT2D eigenvalue weighted by molar-refractivity contribution is 6.32. The van der Waals surface area contributed by atoms with Gasteiger partial charge in [-0.2, -0.15) is 0 Å². The standard InChI is InChI=1S/C16H19ClN4O2/c1-21(2)10-13-8-12(6-7-18-13)20-16(23)19-9-11-4-3-5-14(17)15(11)22/h3-8,22H,9-10H2,1-2H3,(H2,18,19,20,23). The van der Waals surface area contributed by atoms with Gasteiger partial charge in [0.1, 0.15) is 5.75 Å². The van der Waals surface area contributed by atoms with E-state index in [0.29, 0.717) is 17.8 Å². The maximum absolute atomic E-state index is 11.9. The highest BCUT2D eigenvalue weighted by Gasteiger charge is 2.08. The second kappa shape index (κ2) is 7.80. The van der Waals surface area contributed by atoms with Crippen molar-refractivity contribution in [1.82, 2.24) is 15.2 Å². The largest absolute Gasteiger partial charge is 0.506 e. The fraction of sp³-hybridized carbons (Fsp3) is 0.250. The summed E-state index contributed by atoms with van der Waals surface area (Å²) in [5, 5.41) is 15.5. The molecular formula is C16H19ClN4O2. The number of para-hydroxylation sites is 1. The summed E-state index contributed by atoms with van der Waals surface area (Å²) in [6, 6.07) is 8.16. The fourth-order valence-electron chi connectivity index (χ4n) is 2.02. The van der Waals surface area contributed by atoms with E-state index in [1.807, 2.05) is 25.1 Å². The van der Waals surface area contributed by atoms with Crippen LogP contribution in [0.3, 0.4) is 0 Å². The van der Waals surface area contributed by atoms with Crippen molar-refractivity contribution in [3.63, 3.8) is 0 Å². The molecule has 0 aliphatic carbocycles. The summed E-state index contributed by atoms with van der Waals surface area (Å²) in [5.74, 6) is -0.0216. The average Bonchev–Trinajstić information content (AvgIpc) is 2.48. The minimum absolute atomic E-state index is 0.0216. The number of pyridine rings is 1. The number of hydrogen-bond donors (Lipinski definition) is 3. The zero-order valence-electron chi connectivity index (χ0n) is 13.0. The SMILES string of the molecule is CN(C)Cc1cc(NC(=O)NCc2cccc(Cl)c2O)ccn1. The van der Waals surface area contributed by atoms with Gasteiger partial charge in [-0.05, 0) is 32.3 Å². The monoisotopic (exact) mass is 334 g/mol. The molecule has 2 rings (SSSR count). The summed E-state index contributed by atoms with van der Waals surface area (Å²) >= 11 is 5.83. The Balaban J connectivity index is 1.93. The molecule has 3 N–H and O–H groups in total. The maximum Gasteiger partial charge on any atom is 0.319 e. The first-order valence-electron chi connectivity index (χ1n) is 7.06. The number of amides is 2. The summed E-state index contributed by atoms with van der Waals surface area (Å²) in [6.45, 7) is 0.862. The van der Waals surface area contributed by atoms with Crippen molar-refractivity contribution in [3.8, 4) is 5.75 Å². The van der Waals surface area contributed by atoms with E-state index in [0.717, 1.165) is 5.69 Å². The van der Waals surface area contributed by atoms with Crippen LogP contribution in [0, 0.1) is 0 Å². The number of carbonyl (C=O) groups excluding carboxylic acids is 1. The molecule has 0 radical (unpaired) electrons. The van der Waals surface area contributed by atoms with E-state index in [2.05, 4.69) is 15.6 Å². The number of aromatic hydroxyl groups is 1. The van der Waals surface area contributed by atoms with Crippen LogP contribution in [0.4, 0.5) is 10.5 Å². The highest BCUT2D eigenvalue weighted by Crippen LogP contribution is 2.26. The van der Waals surface area contributed by atoms with E-state index >= 15 is 0 Å². The smallest absolute Gasteiger partial charge is 0.319 e. The predicted molar refractivity (Wildman–Crippen MR) is 90.6 cm³/mol. The second-order valence-electron chi connectivity index (χ2n) is 5.33. The average molecular weight is 335 g/mol. The van der Waals surface area contributed by atoms with Gasteiger partial charge in [0.2, 0.25) is 0 Å². The Labute approximate surface area is 140 Å². The molecule has 1 heterocycles. The van der Waals surface area contributed by atoms with Gasteiger partial charge in [0, 0.05) is 30.5 Å². The van der Waals surface area contributed by atoms with Crippen LogP contribution in [-0.4, -0.2) is 35.1 Å². The van der Waals surface area contributed by atoms with Gasteiger partial charge in [-0.1, -0.05) is 23.7 Å². The topological polar surface area (TPSA) is 77.5 Å². The molecule has 0 aliphatic rings. The lowest BCUT2D eigenvalue weighted by molar-refractivity contribution is 0.251. The first kappa shape index (κ1) is 17.1. The highest BCUT2D eigenvalue weighted by atomic mass is 35.5. The quantitative estimate of drug-likeness (QED) is 0.785. The Morgan fingerprint density at radius 3 is 2.87 bits per heavy atom. The molecule has 0 unspecified atom stereocenters. The molecule has 2 aromatic rings. The minimum atomic E-state index is -0.369. The van der Waals surface area contributed by atoms with Crippen LogP contribution in [0.15, 0.2) is 36.5 Å². The van der Waals surface area contributed by atoms with Gasteiger partial charge < -0.3 is 20.6 Å². The second-order valence-corrected chi connectivity index (χ2v) is 5.74. The van der Waals surface area contributed by atoms with E-state index in [4.69, 9.17) is 11.6 Å². The summed E-state index contributed by atoms with van der Waals surface area (Å²) < 4.78 is 0. The third kappa shape index (κ3) is 5.12. The van der Waals surface area contributed by atoms with Crippen LogP contribution in [0.5, 0.6) is 5.75 Å². The molecule has 0 saturated carbocycles. The summed E-state index contributed by atoms with van der Waals surface area (Å²) in [4.78, 5) is 18.2. The number of anilines is 1. The number of urea groups is 1. The lowest BCUT2D eigenvalue weighted by atomic mass is 10.2. The summed E-state index contributed by atoms with van der Waals surface area (Å²) in [7, 11) is 3.90. The number of phenols is 1. The molecule has 1 aromatic heterocycles. The van der Waals surface area contributed by atoms with Crippen molar-refractivity contribution in [2.45, 2.75) is 13.1 Å². The van der Waals surface area contributed by atoms with Crippen molar-refractivity contribution in [2.24, 2.45) is 0 Å². The molecule has 0 saturated heterocycles. The van der Waals surface area contributed by atoms with Crippen LogP contribution >= 0.6 is 11.6 Å². The van der Waals surface area contributed by atoms with Crippen LogP contribution in [0.1, 0.15) is 11.3 Å². The van der Waals surface area contributed by atoms with Crippen molar-refractivity contribution < 1.29 is 9.90 Å². The van der Waals surface area contributed by atoms with Gasteiger partial charge in [0.25, 0.3) is 0 Å². The number of carbonyl (C=O) groups is 1. The van der Waals surface area contributed by atoms with Gasteiger partial charge in [-0.3, -0.25) is 4.98 Å². The third-order valence-corrected chi connectivity index (χ3v) is 3.37. The number of halogens is 1. The van der Waals surface area contributed by atoms with Crippen LogP contribution in [-0.2, 0) is 13.1 Å². The molecule has 0 fully saturated rings. The Kier molecular flexibility index (Phi) is 5.78. The molecule has 0 aliphatic heterocycles. The van der Waals surface area contributed by atoms with Crippen molar-refractivity contribution in [3.05, 3.63) is 52.8 Å². The normalized spacial score (nSPS) is 10.6. The van der Waals surface area contributed by atoms with E-state index < -0.39 is 0 Å². The van der Waals surface area contributed by atoms with Crippen molar-refractivity contribution in [1.29, 1.82) is 0 Å². The number of hydrogen-bond acceptors (Lipinski definition) is 4. The molecule has 23 heavy (non-hydrogen) atoms. The number of aromatic nitrogens is 1. The zero-order valence-corrected chi connectivity index (χ0v) is 13.8. The molecule has 122 valence electrons. The lowest BCUT2D eigenvalue weighted by Crippen LogP contribution is -2.28. The van der Waals surface area contributed by atoms with E-state index in [1.165, 1.54) is 0 Å². The first-order chi connectivity index (χ1) is 11.0. The Morgan fingerprint density at radius 1 is 1.35 bits per heavy atom. The van der Waals surface area contributed by atoms with Crippen LogP contribution in [0.2, 0.25) is 5.02 Å². The minimum Gasteiger partial charge on any atom is -0.506 e. The van der Waals surface area contributed by atoms with Gasteiger partial charge in [-0.25, -0.2) is 4.79 Å². The molecule has 1 aromatic carbocycles. The summed E-state index contributed by atoms with van der Waals surface area (Å²) in [5.41, 5.74) is 2.07. The first-order valence-corrected chi connectivity index (χ1v) is 7.44. The maximum atomic E-state index is 11.9. The van der Waals surface area contributed by atoms with Crippen LogP contribution < -0.4 is 10.6 Å². The molecule has 2 amide bonds. The van der Waals surface area contributed by atoms with Crippen LogP contribution in [0.25, 0.3) is 0 Å². The van der Waals surface area contributed by atoms with E-state index in [-0.39, 0.29) is 23.3 Å². The Morgan fingerprint density at radius 2 is 2.13 bits per heavy atom. The van der Waals surface area contributed by atoms with E-state index in [1.54, 1.807) is 30.5 Å². The van der Waals surface area contributed by atoms with Gasteiger partial charge in [0.15, 0.2) is 0 Å². The molecule has 0 bridgehead atoms. The number of nitrogens with one attached hydrogen (secondary N) is 2. The Bertz CT molecular complexity index is 692. The zero-order chi connectivity index (χ0) is 16.8. The Hall–Kier alpha value is -2.31. The van der Waals surface area contributed by atoms with Gasteiger partial charge >= 0.3 is 6.03 Å². The summed E-state index contributed by atoms with van der Waals surface area (Å²) in [6.07, 6.45) is 1.65. The number of rotatable bonds is 5. The van der Waals surface area contributed by atoms with Gasteiger partial charge in [-0.15, -0.1) is 0 Å². The lowest BCUT2D eigenvalue weighted by Gasteiger charge is -2.12. The van der Waals surface area contributed by atoms with Gasteiger partial charge in [0.05, 0.1) is 10.7 Å². The molecule has 0 atom stereocenters. The van der Waals surface area contributed by atoms with Crippen molar-refractivity contribution >= 4 is 23.3 Å². The van der Waals surface area contributed by atoms with Crippen molar-refractivity contribution in [2.75, 3.05) is 19.4 Å². The molecular weight excluding hydrogens is 316 g/mol. The molecule has 7 heteroatoms. The predicted octanol–water partition coefficient (Wildman–Crippen LogP) is 2.82. The number of nitrogens with zero attached hydrogens (tertiary/aromatic N) is 2.